The summed E-state index contributed by atoms with van der Waals surface area (Å²) in [5, 5.41) is 8.90. The van der Waals surface area contributed by atoms with Crippen LogP contribution in [-0.2, 0) is 4.79 Å². The van der Waals surface area contributed by atoms with Crippen molar-refractivity contribution in [2.45, 2.75) is 52.4 Å². The zero-order chi connectivity index (χ0) is 12.7. The van der Waals surface area contributed by atoms with Gasteiger partial charge in [-0.15, -0.1) is 0 Å². The summed E-state index contributed by atoms with van der Waals surface area (Å²) >= 11 is 0. The number of carbonyl (C=O) groups is 1. The predicted octanol–water partition coefficient (Wildman–Crippen LogP) is 3.00. The SMILES string of the molecule is CCCN(CC(=O)O)CC1CCCC(CC)C1. The minimum Gasteiger partial charge on any atom is -0.480 e. The highest BCUT2D eigenvalue weighted by Crippen LogP contribution is 2.31. The highest BCUT2D eigenvalue weighted by Gasteiger charge is 2.23. The van der Waals surface area contributed by atoms with Gasteiger partial charge in [0.2, 0.25) is 0 Å². The minimum absolute atomic E-state index is 0.209. The Morgan fingerprint density at radius 3 is 2.59 bits per heavy atom. The van der Waals surface area contributed by atoms with Gasteiger partial charge in [-0.3, -0.25) is 9.69 Å². The molecule has 2 atom stereocenters. The van der Waals surface area contributed by atoms with Gasteiger partial charge < -0.3 is 5.11 Å². The second kappa shape index (κ2) is 7.70. The van der Waals surface area contributed by atoms with Crippen molar-refractivity contribution in [1.29, 1.82) is 0 Å². The Bertz CT molecular complexity index is 230. The maximum Gasteiger partial charge on any atom is 0.317 e. The van der Waals surface area contributed by atoms with Gasteiger partial charge in [-0.2, -0.15) is 0 Å². The molecule has 1 saturated carbocycles. The van der Waals surface area contributed by atoms with Gasteiger partial charge in [-0.25, -0.2) is 0 Å². The molecule has 0 aromatic heterocycles. The topological polar surface area (TPSA) is 40.5 Å². The fourth-order valence-electron chi connectivity index (χ4n) is 3.05. The summed E-state index contributed by atoms with van der Waals surface area (Å²) in [5.41, 5.74) is 0. The molecule has 100 valence electrons. The van der Waals surface area contributed by atoms with Crippen LogP contribution in [0.1, 0.15) is 52.4 Å². The summed E-state index contributed by atoms with van der Waals surface area (Å²) in [4.78, 5) is 12.9. The summed E-state index contributed by atoms with van der Waals surface area (Å²) in [7, 11) is 0. The van der Waals surface area contributed by atoms with E-state index >= 15 is 0 Å². The average molecular weight is 241 g/mol. The van der Waals surface area contributed by atoms with Gasteiger partial charge in [0.05, 0.1) is 6.54 Å². The van der Waals surface area contributed by atoms with E-state index in [1.165, 1.54) is 32.1 Å². The molecule has 1 aliphatic carbocycles. The lowest BCUT2D eigenvalue weighted by molar-refractivity contribution is -0.138. The first kappa shape index (κ1) is 14.5. The molecule has 2 unspecified atom stereocenters. The fourth-order valence-corrected chi connectivity index (χ4v) is 3.05. The number of nitrogens with zero attached hydrogens (tertiary/aromatic N) is 1. The molecular formula is C14H27NO2. The van der Waals surface area contributed by atoms with Crippen LogP contribution in [0.15, 0.2) is 0 Å². The summed E-state index contributed by atoms with van der Waals surface area (Å²) in [5.74, 6) is 0.906. The van der Waals surface area contributed by atoms with Crippen molar-refractivity contribution in [2.75, 3.05) is 19.6 Å². The van der Waals surface area contributed by atoms with Crippen LogP contribution < -0.4 is 0 Å². The normalized spacial score (nSPS) is 25.1. The Morgan fingerprint density at radius 1 is 1.29 bits per heavy atom. The van der Waals surface area contributed by atoms with Crippen LogP contribution in [0, 0.1) is 11.8 Å². The lowest BCUT2D eigenvalue weighted by Crippen LogP contribution is -2.36. The van der Waals surface area contributed by atoms with E-state index in [4.69, 9.17) is 5.11 Å². The number of aliphatic carboxylic acids is 1. The van der Waals surface area contributed by atoms with E-state index in [0.717, 1.165) is 31.3 Å². The third-order valence-corrected chi connectivity index (χ3v) is 3.88. The molecule has 0 heterocycles. The van der Waals surface area contributed by atoms with Crippen molar-refractivity contribution >= 4 is 5.97 Å². The van der Waals surface area contributed by atoms with Gasteiger partial charge in [0.25, 0.3) is 0 Å². The first-order valence-corrected chi connectivity index (χ1v) is 7.09. The largest absolute Gasteiger partial charge is 0.480 e. The van der Waals surface area contributed by atoms with E-state index in [1.807, 2.05) is 0 Å². The van der Waals surface area contributed by atoms with Crippen LogP contribution in [0.3, 0.4) is 0 Å². The fraction of sp³-hybridized carbons (Fsp3) is 0.929. The van der Waals surface area contributed by atoms with Crippen LogP contribution >= 0.6 is 0 Å². The molecule has 3 nitrogen and oxygen atoms in total. The van der Waals surface area contributed by atoms with Crippen LogP contribution in [0.2, 0.25) is 0 Å². The Labute approximate surface area is 105 Å². The van der Waals surface area contributed by atoms with Crippen molar-refractivity contribution in [3.8, 4) is 0 Å². The van der Waals surface area contributed by atoms with Gasteiger partial charge >= 0.3 is 5.97 Å². The molecule has 1 aliphatic rings. The van der Waals surface area contributed by atoms with Crippen molar-refractivity contribution < 1.29 is 9.90 Å². The van der Waals surface area contributed by atoms with Gasteiger partial charge in [0.1, 0.15) is 0 Å². The third kappa shape index (κ3) is 5.53. The molecule has 0 radical (unpaired) electrons. The van der Waals surface area contributed by atoms with E-state index in [1.54, 1.807) is 0 Å². The van der Waals surface area contributed by atoms with E-state index in [2.05, 4.69) is 18.7 Å². The first-order chi connectivity index (χ1) is 8.15. The summed E-state index contributed by atoms with van der Waals surface area (Å²) < 4.78 is 0. The minimum atomic E-state index is -0.693. The highest BCUT2D eigenvalue weighted by atomic mass is 16.4. The molecule has 0 spiro atoms. The molecule has 0 saturated heterocycles. The molecule has 0 aromatic rings. The molecule has 1 N–H and O–H groups in total. The van der Waals surface area contributed by atoms with Crippen LogP contribution in [-0.4, -0.2) is 35.6 Å². The maximum atomic E-state index is 10.8. The van der Waals surface area contributed by atoms with Gasteiger partial charge in [-0.05, 0) is 37.6 Å². The Morgan fingerprint density at radius 2 is 2.00 bits per heavy atom. The zero-order valence-corrected chi connectivity index (χ0v) is 11.3. The van der Waals surface area contributed by atoms with Crippen LogP contribution in [0.5, 0.6) is 0 Å². The van der Waals surface area contributed by atoms with Crippen molar-refractivity contribution in [3.05, 3.63) is 0 Å². The number of hydrogen-bond acceptors (Lipinski definition) is 2. The number of carboxylic acids is 1. The molecule has 17 heavy (non-hydrogen) atoms. The number of rotatable bonds is 7. The molecule has 0 aliphatic heterocycles. The van der Waals surface area contributed by atoms with E-state index in [9.17, 15) is 4.79 Å². The Balaban J connectivity index is 2.39. The summed E-state index contributed by atoms with van der Waals surface area (Å²) in [6.07, 6.45) is 7.61. The first-order valence-electron chi connectivity index (χ1n) is 7.09. The predicted molar refractivity (Wildman–Crippen MR) is 70.1 cm³/mol. The van der Waals surface area contributed by atoms with Crippen molar-refractivity contribution in [3.63, 3.8) is 0 Å². The zero-order valence-electron chi connectivity index (χ0n) is 11.3. The second-order valence-corrected chi connectivity index (χ2v) is 5.44. The molecular weight excluding hydrogens is 214 g/mol. The third-order valence-electron chi connectivity index (χ3n) is 3.88. The summed E-state index contributed by atoms with van der Waals surface area (Å²) in [6.45, 7) is 6.50. The van der Waals surface area contributed by atoms with Crippen LogP contribution in [0.25, 0.3) is 0 Å². The quantitative estimate of drug-likeness (QED) is 0.745. The van der Waals surface area contributed by atoms with Gasteiger partial charge in [0.15, 0.2) is 0 Å². The lowest BCUT2D eigenvalue weighted by Gasteiger charge is -2.32. The van der Waals surface area contributed by atoms with Crippen molar-refractivity contribution in [2.24, 2.45) is 11.8 Å². The second-order valence-electron chi connectivity index (χ2n) is 5.44. The monoisotopic (exact) mass is 241 g/mol. The maximum absolute atomic E-state index is 10.8. The number of hydrogen-bond donors (Lipinski definition) is 1. The van der Waals surface area contributed by atoms with Crippen molar-refractivity contribution in [1.82, 2.24) is 4.90 Å². The molecule has 0 amide bonds. The van der Waals surface area contributed by atoms with E-state index in [-0.39, 0.29) is 6.54 Å². The molecule has 0 bridgehead atoms. The smallest absolute Gasteiger partial charge is 0.317 e. The van der Waals surface area contributed by atoms with E-state index in [0.29, 0.717) is 0 Å². The summed E-state index contributed by atoms with van der Waals surface area (Å²) in [6, 6.07) is 0. The number of carboxylic acid groups (broad SMARTS) is 1. The molecule has 1 fully saturated rings. The van der Waals surface area contributed by atoms with Gasteiger partial charge in [-0.1, -0.05) is 33.1 Å². The molecule has 1 rings (SSSR count). The van der Waals surface area contributed by atoms with Crippen LogP contribution in [0.4, 0.5) is 0 Å². The molecule has 3 heteroatoms. The standard InChI is InChI=1S/C14H27NO2/c1-3-8-15(11-14(16)17)10-13-7-5-6-12(4-2)9-13/h12-13H,3-11H2,1-2H3,(H,16,17). The lowest BCUT2D eigenvalue weighted by atomic mass is 9.80. The van der Waals surface area contributed by atoms with Gasteiger partial charge in [0, 0.05) is 6.54 Å². The van der Waals surface area contributed by atoms with E-state index < -0.39 is 5.97 Å². The molecule has 0 aromatic carbocycles. The Kier molecular flexibility index (Phi) is 6.56. The Hall–Kier alpha value is -0.570. The highest BCUT2D eigenvalue weighted by molar-refractivity contribution is 5.69. The average Bonchev–Trinajstić information content (AvgIpc) is 2.29.